The molecule has 1 amide bonds. The Morgan fingerprint density at radius 2 is 1.92 bits per heavy atom. The highest BCUT2D eigenvalue weighted by Crippen LogP contribution is 2.23. The monoisotopic (exact) mass is 340 g/mol. The molecule has 0 aliphatic carbocycles. The molecule has 2 aromatic rings. The van der Waals surface area contributed by atoms with Crippen LogP contribution in [0.5, 0.6) is 11.5 Å². The summed E-state index contributed by atoms with van der Waals surface area (Å²) >= 11 is 0. The van der Waals surface area contributed by atoms with Gasteiger partial charge in [0.25, 0.3) is 0 Å². The first kappa shape index (κ1) is 18.4. The molecule has 0 radical (unpaired) electrons. The van der Waals surface area contributed by atoms with E-state index in [4.69, 9.17) is 9.47 Å². The second kappa shape index (κ2) is 9.37. The summed E-state index contributed by atoms with van der Waals surface area (Å²) in [5.74, 6) is 1.27. The maximum atomic E-state index is 12.2. The zero-order chi connectivity index (χ0) is 18.1. The van der Waals surface area contributed by atoms with Crippen LogP contribution in [0, 0.1) is 0 Å². The van der Waals surface area contributed by atoms with Crippen molar-refractivity contribution >= 4 is 17.3 Å². The van der Waals surface area contributed by atoms with Crippen LogP contribution in [0.15, 0.2) is 60.7 Å². The lowest BCUT2D eigenvalue weighted by molar-refractivity contribution is -0.114. The van der Waals surface area contributed by atoms with Gasteiger partial charge in [-0.15, -0.1) is 0 Å². The summed E-state index contributed by atoms with van der Waals surface area (Å²) < 4.78 is 11.1. The lowest BCUT2D eigenvalue weighted by atomic mass is 10.2. The highest BCUT2D eigenvalue weighted by atomic mass is 16.5. The first-order chi connectivity index (χ1) is 12.1. The zero-order valence-electron chi connectivity index (χ0n) is 14.7. The molecule has 0 aromatic heterocycles. The van der Waals surface area contributed by atoms with Gasteiger partial charge in [0.15, 0.2) is 0 Å². The van der Waals surface area contributed by atoms with Crippen LogP contribution < -0.4 is 20.1 Å². The van der Waals surface area contributed by atoms with E-state index < -0.39 is 0 Å². The van der Waals surface area contributed by atoms with Crippen LogP contribution in [0.2, 0.25) is 0 Å². The number of benzene rings is 2. The van der Waals surface area contributed by atoms with Crippen molar-refractivity contribution in [2.24, 2.45) is 0 Å². The Labute approximate surface area is 148 Å². The number of carbonyl (C=O) groups is 1. The van der Waals surface area contributed by atoms with Crippen molar-refractivity contribution in [2.45, 2.75) is 13.8 Å². The minimum atomic E-state index is -0.150. The Kier molecular flexibility index (Phi) is 6.89. The van der Waals surface area contributed by atoms with Crippen molar-refractivity contribution in [1.29, 1.82) is 0 Å². The Hall–Kier alpha value is -2.95. The Balaban J connectivity index is 1.90. The zero-order valence-corrected chi connectivity index (χ0v) is 14.7. The fourth-order valence-electron chi connectivity index (χ4n) is 2.14. The molecule has 25 heavy (non-hydrogen) atoms. The smallest absolute Gasteiger partial charge is 0.243 e. The van der Waals surface area contributed by atoms with E-state index in [1.165, 1.54) is 0 Å². The quantitative estimate of drug-likeness (QED) is 0.675. The van der Waals surface area contributed by atoms with E-state index in [1.807, 2.05) is 56.3 Å². The second-order valence-electron chi connectivity index (χ2n) is 5.60. The van der Waals surface area contributed by atoms with Crippen molar-refractivity contribution in [3.05, 3.63) is 60.7 Å². The molecule has 0 atom stereocenters. The maximum Gasteiger partial charge on any atom is 0.243 e. The Morgan fingerprint density at radius 1 is 1.12 bits per heavy atom. The molecule has 2 N–H and O–H groups in total. The molecular weight excluding hydrogens is 316 g/mol. The van der Waals surface area contributed by atoms with Crippen molar-refractivity contribution in [1.82, 2.24) is 0 Å². The minimum Gasteiger partial charge on any atom is -0.492 e. The van der Waals surface area contributed by atoms with Gasteiger partial charge in [0.2, 0.25) is 5.91 Å². The molecule has 0 aliphatic heterocycles. The molecule has 0 saturated carbocycles. The summed E-state index contributed by atoms with van der Waals surface area (Å²) in [6, 6.07) is 14.8. The van der Waals surface area contributed by atoms with Gasteiger partial charge in [-0.25, -0.2) is 0 Å². The molecule has 0 spiro atoms. The van der Waals surface area contributed by atoms with Gasteiger partial charge in [-0.1, -0.05) is 24.8 Å². The fraction of sp³-hybridized carbons (Fsp3) is 0.250. The third-order valence-corrected chi connectivity index (χ3v) is 3.23. The van der Waals surface area contributed by atoms with E-state index in [0.29, 0.717) is 24.7 Å². The number of hydrogen-bond acceptors (Lipinski definition) is 4. The topological polar surface area (TPSA) is 59.6 Å². The third kappa shape index (κ3) is 6.22. The summed E-state index contributed by atoms with van der Waals surface area (Å²) in [5.41, 5.74) is 2.41. The lowest BCUT2D eigenvalue weighted by Gasteiger charge is -2.12. The van der Waals surface area contributed by atoms with Crippen LogP contribution in [0.4, 0.5) is 11.4 Å². The number of para-hydroxylation sites is 2. The summed E-state index contributed by atoms with van der Waals surface area (Å²) in [6.07, 6.45) is 0. The molecule has 0 fully saturated rings. The van der Waals surface area contributed by atoms with Gasteiger partial charge in [-0.2, -0.15) is 0 Å². The third-order valence-electron chi connectivity index (χ3n) is 3.23. The summed E-state index contributed by atoms with van der Waals surface area (Å²) in [4.78, 5) is 12.2. The Morgan fingerprint density at radius 3 is 2.68 bits per heavy atom. The van der Waals surface area contributed by atoms with Crippen molar-refractivity contribution in [3.8, 4) is 11.5 Å². The molecule has 2 rings (SSSR count). The molecule has 0 unspecified atom stereocenters. The first-order valence-electron chi connectivity index (χ1n) is 8.21. The number of ether oxygens (including phenoxy) is 2. The SMILES string of the molecule is C=C(C)COc1cccc(NC(=O)CNc2ccccc2OCC)c1. The summed E-state index contributed by atoms with van der Waals surface area (Å²) in [7, 11) is 0. The first-order valence-corrected chi connectivity index (χ1v) is 8.21. The van der Waals surface area contributed by atoms with Crippen LogP contribution >= 0.6 is 0 Å². The number of carbonyl (C=O) groups excluding carboxylic acids is 1. The van der Waals surface area contributed by atoms with Crippen LogP contribution in [0.3, 0.4) is 0 Å². The van der Waals surface area contributed by atoms with E-state index in [-0.39, 0.29) is 12.5 Å². The van der Waals surface area contributed by atoms with E-state index >= 15 is 0 Å². The van der Waals surface area contributed by atoms with E-state index in [9.17, 15) is 4.79 Å². The average Bonchev–Trinajstić information content (AvgIpc) is 2.60. The second-order valence-corrected chi connectivity index (χ2v) is 5.60. The molecule has 0 heterocycles. The van der Waals surface area contributed by atoms with E-state index in [2.05, 4.69) is 17.2 Å². The molecule has 132 valence electrons. The van der Waals surface area contributed by atoms with Crippen LogP contribution in [-0.2, 0) is 4.79 Å². The highest BCUT2D eigenvalue weighted by molar-refractivity contribution is 5.94. The number of nitrogens with one attached hydrogen (secondary N) is 2. The van der Waals surface area contributed by atoms with Gasteiger partial charge in [0.1, 0.15) is 18.1 Å². The summed E-state index contributed by atoms with van der Waals surface area (Å²) in [6.45, 7) is 8.79. The number of hydrogen-bond donors (Lipinski definition) is 2. The van der Waals surface area contributed by atoms with Crippen LogP contribution in [0.25, 0.3) is 0 Å². The highest BCUT2D eigenvalue weighted by Gasteiger charge is 2.06. The number of anilines is 2. The fourth-order valence-corrected chi connectivity index (χ4v) is 2.14. The predicted octanol–water partition coefficient (Wildman–Crippen LogP) is 4.09. The summed E-state index contributed by atoms with van der Waals surface area (Å²) in [5, 5.41) is 5.94. The van der Waals surface area contributed by atoms with Crippen molar-refractivity contribution in [3.63, 3.8) is 0 Å². The molecule has 2 aromatic carbocycles. The van der Waals surface area contributed by atoms with Gasteiger partial charge >= 0.3 is 0 Å². The molecule has 0 aliphatic rings. The van der Waals surface area contributed by atoms with Gasteiger partial charge in [-0.05, 0) is 43.7 Å². The van der Waals surface area contributed by atoms with E-state index in [1.54, 1.807) is 6.07 Å². The Bertz CT molecular complexity index is 728. The van der Waals surface area contributed by atoms with Gasteiger partial charge < -0.3 is 20.1 Å². The number of amides is 1. The van der Waals surface area contributed by atoms with Crippen LogP contribution in [-0.4, -0.2) is 25.7 Å². The number of rotatable bonds is 9. The molecule has 0 saturated heterocycles. The largest absolute Gasteiger partial charge is 0.492 e. The molecule has 5 heteroatoms. The van der Waals surface area contributed by atoms with Gasteiger partial charge in [0.05, 0.1) is 18.8 Å². The van der Waals surface area contributed by atoms with Crippen molar-refractivity contribution < 1.29 is 14.3 Å². The predicted molar refractivity (Wildman–Crippen MR) is 101 cm³/mol. The van der Waals surface area contributed by atoms with Crippen molar-refractivity contribution in [2.75, 3.05) is 30.4 Å². The molecule has 5 nitrogen and oxygen atoms in total. The molecular formula is C20H24N2O3. The minimum absolute atomic E-state index is 0.140. The van der Waals surface area contributed by atoms with Gasteiger partial charge in [0, 0.05) is 11.8 Å². The van der Waals surface area contributed by atoms with E-state index in [0.717, 1.165) is 17.0 Å². The molecule has 0 bridgehead atoms. The maximum absolute atomic E-state index is 12.2. The lowest BCUT2D eigenvalue weighted by Crippen LogP contribution is -2.22. The average molecular weight is 340 g/mol. The van der Waals surface area contributed by atoms with Gasteiger partial charge in [-0.3, -0.25) is 4.79 Å². The standard InChI is InChI=1S/C20H24N2O3/c1-4-24-19-11-6-5-10-18(19)21-13-20(23)22-16-8-7-9-17(12-16)25-14-15(2)3/h5-12,21H,2,4,13-14H2,1,3H3,(H,22,23). The van der Waals surface area contributed by atoms with Crippen LogP contribution in [0.1, 0.15) is 13.8 Å². The normalized spacial score (nSPS) is 10.0.